The molecule has 0 N–H and O–H groups in total. The van der Waals surface area contributed by atoms with Crippen LogP contribution >= 0.6 is 12.0 Å². The first-order chi connectivity index (χ1) is 31.2. The van der Waals surface area contributed by atoms with Crippen molar-refractivity contribution in [3.05, 3.63) is 185 Å². The van der Waals surface area contributed by atoms with Gasteiger partial charge in [-0.3, -0.25) is 0 Å². The number of benzene rings is 5. The van der Waals surface area contributed by atoms with Gasteiger partial charge in [0.2, 0.25) is 34.8 Å². The van der Waals surface area contributed by atoms with Gasteiger partial charge in [0.15, 0.2) is 36.8 Å². The molecule has 3 aliphatic heterocycles. The maximum absolute atomic E-state index is 14.6. The fourth-order valence-electron chi connectivity index (χ4n) is 7.25. The number of ether oxygens (including phenoxy) is 9. The molecular weight excluding hydrogens is 868 g/mol. The molecule has 336 valence electrons. The van der Waals surface area contributed by atoms with E-state index in [0.717, 1.165) is 22.3 Å². The van der Waals surface area contributed by atoms with Crippen molar-refractivity contribution < 1.29 is 73.6 Å². The maximum Gasteiger partial charge on any atom is 0.407 e. The molecule has 0 unspecified atom stereocenters. The first-order valence-corrected chi connectivity index (χ1v) is 20.9. The summed E-state index contributed by atoms with van der Waals surface area (Å²) in [6.45, 7) is 0.246. The first-order valence-electron chi connectivity index (χ1n) is 20.2. The molecule has 0 aliphatic carbocycles. The number of hydrogen-bond donors (Lipinski definition) is 0. The molecule has 2 saturated heterocycles. The molecule has 5 aromatic rings. The lowest BCUT2D eigenvalue weighted by molar-refractivity contribution is -0.342. The number of halogens is 5. The summed E-state index contributed by atoms with van der Waals surface area (Å²) in [5.74, 6) is -13.2. The molecule has 0 radical (unpaired) electrons. The highest BCUT2D eigenvalue weighted by atomic mass is 32.2. The highest BCUT2D eigenvalue weighted by Crippen LogP contribution is 2.38. The molecule has 64 heavy (non-hydrogen) atoms. The lowest BCUT2D eigenvalue weighted by atomic mass is 9.97. The summed E-state index contributed by atoms with van der Waals surface area (Å²) >= 11 is -0.325. The zero-order chi connectivity index (χ0) is 44.4. The summed E-state index contributed by atoms with van der Waals surface area (Å²) < 4.78 is 133. The van der Waals surface area contributed by atoms with Crippen LogP contribution in [0.1, 0.15) is 28.5 Å². The van der Waals surface area contributed by atoms with Crippen LogP contribution in [0.2, 0.25) is 0 Å². The summed E-state index contributed by atoms with van der Waals surface area (Å²) in [5, 5.41) is -1.38. The molecule has 0 bridgehead atoms. The molecule has 17 heteroatoms. The van der Waals surface area contributed by atoms with Crippen molar-refractivity contribution in [2.75, 3.05) is 13.2 Å². The highest BCUT2D eigenvalue weighted by Gasteiger charge is 2.53. The average Bonchev–Trinajstić information content (AvgIpc) is 3.33. The summed E-state index contributed by atoms with van der Waals surface area (Å²) in [6.07, 6.45) is -6.47. The molecule has 8 rings (SSSR count). The van der Waals surface area contributed by atoms with Gasteiger partial charge in [-0.25, -0.2) is 18.0 Å². The Morgan fingerprint density at radius 1 is 0.641 bits per heavy atom. The quantitative estimate of drug-likeness (QED) is 0.0310. The van der Waals surface area contributed by atoms with Gasteiger partial charge in [-0.2, -0.15) is 8.78 Å². The molecule has 0 amide bonds. The van der Waals surface area contributed by atoms with E-state index in [0.29, 0.717) is 0 Å². The van der Waals surface area contributed by atoms with E-state index < -0.39 is 95.4 Å². The third-order valence-electron chi connectivity index (χ3n) is 10.4. The van der Waals surface area contributed by atoms with Crippen molar-refractivity contribution in [2.24, 2.45) is 0 Å². The monoisotopic (exact) mass is 908 g/mol. The molecule has 5 aromatic carbocycles. The van der Waals surface area contributed by atoms with E-state index in [1.54, 1.807) is 6.08 Å². The zero-order valence-corrected chi connectivity index (χ0v) is 34.5. The molecule has 0 aromatic heterocycles. The predicted molar refractivity (Wildman–Crippen MR) is 218 cm³/mol. The molecule has 0 saturated carbocycles. The van der Waals surface area contributed by atoms with E-state index in [1.165, 1.54) is 6.26 Å². The summed E-state index contributed by atoms with van der Waals surface area (Å²) in [5.41, 5.74) is 3.14. The Bertz CT molecular complexity index is 2290. The van der Waals surface area contributed by atoms with Gasteiger partial charge in [-0.15, -0.1) is 0 Å². The van der Waals surface area contributed by atoms with Crippen LogP contribution in [0.4, 0.5) is 26.7 Å². The van der Waals surface area contributed by atoms with E-state index in [1.807, 2.05) is 121 Å². The Morgan fingerprint density at radius 2 is 1.19 bits per heavy atom. The first kappa shape index (κ1) is 45.2. The van der Waals surface area contributed by atoms with Crippen LogP contribution in [-0.4, -0.2) is 67.5 Å². The van der Waals surface area contributed by atoms with Crippen molar-refractivity contribution in [1.29, 1.82) is 0 Å². The standard InChI is InChI=1S/C47H41F5O11S/c48-35-36(49)38(51)42(39(52)37(35)50)63-64-47(53)62-44-43(57-25-30-17-9-3-10-18-30)41(56-24-29-15-7-2-8-16-29)34(26-54-23-28-13-5-1-6-14-28)60-46(44)59-32-21-22-55-33-27-58-45(61-40(32)33)31-19-11-4-12-20-31/h1-22,32-34,40-41,43-46H,23-27H2/t32-,33-,34-,40+,41-,43+,44-,45-,46-/m1/s1. The van der Waals surface area contributed by atoms with Crippen LogP contribution in [0.5, 0.6) is 5.75 Å². The van der Waals surface area contributed by atoms with Gasteiger partial charge >= 0.3 is 5.30 Å². The van der Waals surface area contributed by atoms with Gasteiger partial charge in [0, 0.05) is 5.56 Å². The van der Waals surface area contributed by atoms with Crippen LogP contribution in [0.15, 0.2) is 134 Å². The van der Waals surface area contributed by atoms with Gasteiger partial charge in [-0.05, 0) is 22.8 Å². The Kier molecular flexibility index (Phi) is 15.2. The fraction of sp³-hybridized carbons (Fsp3) is 0.298. The lowest BCUT2D eigenvalue weighted by Crippen LogP contribution is -2.63. The van der Waals surface area contributed by atoms with E-state index in [4.69, 9.17) is 46.8 Å². The third kappa shape index (κ3) is 10.9. The van der Waals surface area contributed by atoms with Crippen LogP contribution in [0.25, 0.3) is 0 Å². The number of rotatable bonds is 16. The van der Waals surface area contributed by atoms with Gasteiger partial charge < -0.3 is 46.8 Å². The molecular formula is C47H41F5O11S. The Balaban J connectivity index is 1.13. The van der Waals surface area contributed by atoms with E-state index in [2.05, 4.69) is 0 Å². The average molecular weight is 909 g/mol. The Labute approximate surface area is 369 Å². The van der Waals surface area contributed by atoms with Crippen LogP contribution in [-0.2, 0) is 62.5 Å². The number of hydrogen-bond acceptors (Lipinski definition) is 12. The maximum atomic E-state index is 14.6. The Morgan fingerprint density at radius 3 is 1.80 bits per heavy atom. The van der Waals surface area contributed by atoms with Crippen molar-refractivity contribution in [1.82, 2.24) is 0 Å². The summed E-state index contributed by atoms with van der Waals surface area (Å²) in [7, 11) is 0. The minimum absolute atomic E-state index is 0.0374. The largest absolute Gasteiger partial charge is 0.493 e. The number of carbonyl (C=O) groups is 1. The van der Waals surface area contributed by atoms with Crippen molar-refractivity contribution in [3.63, 3.8) is 0 Å². The third-order valence-corrected chi connectivity index (χ3v) is 10.9. The molecule has 11 nitrogen and oxygen atoms in total. The van der Waals surface area contributed by atoms with E-state index >= 15 is 0 Å². The van der Waals surface area contributed by atoms with E-state index in [9.17, 15) is 26.7 Å². The Hall–Kier alpha value is -5.37. The minimum Gasteiger partial charge on any atom is -0.493 e. The van der Waals surface area contributed by atoms with Gasteiger partial charge in [-0.1, -0.05) is 121 Å². The van der Waals surface area contributed by atoms with Crippen LogP contribution < -0.4 is 4.18 Å². The summed E-state index contributed by atoms with van der Waals surface area (Å²) in [4.78, 5) is 13.7. The van der Waals surface area contributed by atoms with Crippen molar-refractivity contribution >= 4 is 17.3 Å². The second kappa shape index (κ2) is 21.5. The normalized spacial score (nSPS) is 25.2. The molecule has 9 atom stereocenters. The topological polar surface area (TPSA) is 109 Å². The second-order valence-corrected chi connectivity index (χ2v) is 15.4. The van der Waals surface area contributed by atoms with Crippen molar-refractivity contribution in [2.45, 2.75) is 75.1 Å². The van der Waals surface area contributed by atoms with Gasteiger partial charge in [0.05, 0.1) is 39.3 Å². The second-order valence-electron chi connectivity index (χ2n) is 14.7. The molecule has 2 fully saturated rings. The van der Waals surface area contributed by atoms with Crippen LogP contribution in [0.3, 0.4) is 0 Å². The smallest absolute Gasteiger partial charge is 0.407 e. The fourth-order valence-corrected chi connectivity index (χ4v) is 7.70. The number of carbonyl (C=O) groups excluding carboxylic acids is 1. The molecule has 3 aliphatic rings. The van der Waals surface area contributed by atoms with Gasteiger partial charge in [0.25, 0.3) is 0 Å². The molecule has 3 heterocycles. The SMILES string of the molecule is O=C(O[C@H]1[C@H](O[C@@H]2C=CO[C@@H]3CO[C@@H](c4ccccc4)O[C@@H]23)O[C@H](COCc2ccccc2)[C@@H](OCc2ccccc2)[C@@H]1OCc1ccccc1)SOc1c(F)c(F)c(F)c(F)c1F. The lowest BCUT2D eigenvalue weighted by Gasteiger charge is -2.47. The van der Waals surface area contributed by atoms with E-state index in [-0.39, 0.29) is 45.1 Å². The highest BCUT2D eigenvalue weighted by molar-refractivity contribution is 8.09. The predicted octanol–water partition coefficient (Wildman–Crippen LogP) is 9.44. The number of fused-ring (bicyclic) bond motifs is 1. The summed E-state index contributed by atoms with van der Waals surface area (Å²) in [6, 6.07) is 37.0. The van der Waals surface area contributed by atoms with Crippen LogP contribution in [0, 0.1) is 29.1 Å². The van der Waals surface area contributed by atoms with Crippen molar-refractivity contribution in [3.8, 4) is 5.75 Å². The zero-order valence-electron chi connectivity index (χ0n) is 33.7. The minimum atomic E-state index is -2.40. The van der Waals surface area contributed by atoms with Gasteiger partial charge in [0.1, 0.15) is 30.5 Å². The molecule has 0 spiro atoms.